The van der Waals surface area contributed by atoms with Crippen molar-refractivity contribution in [2.45, 2.75) is 58.9 Å². The molecule has 0 fully saturated rings. The third-order valence-corrected chi connectivity index (χ3v) is 7.11. The number of nitrogens with zero attached hydrogens (tertiary/aromatic N) is 2. The van der Waals surface area contributed by atoms with Gasteiger partial charge >= 0.3 is 0 Å². The number of methoxy groups -OCH3 is 1. The van der Waals surface area contributed by atoms with E-state index in [0.29, 0.717) is 13.2 Å². The maximum Gasteiger partial charge on any atom is 0.251 e. The molecule has 0 radical (unpaired) electrons. The van der Waals surface area contributed by atoms with Gasteiger partial charge in [0.1, 0.15) is 5.82 Å². The van der Waals surface area contributed by atoms with Crippen LogP contribution in [-0.2, 0) is 19.4 Å². The topological polar surface area (TPSA) is 65.4 Å². The number of nitrogens with one attached hydrogen (secondary N) is 1. The van der Waals surface area contributed by atoms with Gasteiger partial charge in [0.2, 0.25) is 0 Å². The fourth-order valence-electron chi connectivity index (χ4n) is 5.05. The van der Waals surface area contributed by atoms with Crippen molar-refractivity contribution in [3.05, 3.63) is 101 Å². The molecule has 40 heavy (non-hydrogen) atoms. The van der Waals surface area contributed by atoms with Crippen molar-refractivity contribution < 1.29 is 14.3 Å². The lowest BCUT2D eigenvalue weighted by atomic mass is 10.1. The Morgan fingerprint density at radius 1 is 1.00 bits per heavy atom. The molecule has 1 N–H and O–H groups in total. The Kier molecular flexibility index (Phi) is 10.4. The minimum atomic E-state index is 0.00633. The molecule has 0 bridgehead atoms. The number of para-hydroxylation sites is 2. The van der Waals surface area contributed by atoms with Crippen molar-refractivity contribution >= 4 is 16.9 Å². The largest absolute Gasteiger partial charge is 0.493 e. The van der Waals surface area contributed by atoms with E-state index in [4.69, 9.17) is 14.5 Å². The van der Waals surface area contributed by atoms with Crippen LogP contribution in [0.3, 0.4) is 0 Å². The lowest BCUT2D eigenvalue weighted by Crippen LogP contribution is -2.25. The quantitative estimate of drug-likeness (QED) is 0.130. The van der Waals surface area contributed by atoms with Crippen LogP contribution in [0.25, 0.3) is 11.0 Å². The normalized spacial score (nSPS) is 11.0. The molecule has 0 unspecified atom stereocenters. The number of benzene rings is 3. The summed E-state index contributed by atoms with van der Waals surface area (Å²) in [6.45, 7) is 9.93. The number of hydrogen-bond donors (Lipinski definition) is 1. The minimum Gasteiger partial charge on any atom is -0.493 e. The summed E-state index contributed by atoms with van der Waals surface area (Å²) in [5, 5.41) is 3.07. The first-order valence-electron chi connectivity index (χ1n) is 14.2. The summed E-state index contributed by atoms with van der Waals surface area (Å²) in [6.07, 6.45) is 7.43. The minimum absolute atomic E-state index is 0.00633. The van der Waals surface area contributed by atoms with Crippen LogP contribution in [0.1, 0.15) is 58.6 Å². The Balaban J connectivity index is 1.26. The highest BCUT2D eigenvalue weighted by atomic mass is 16.5. The van der Waals surface area contributed by atoms with Crippen LogP contribution in [-0.4, -0.2) is 35.7 Å². The van der Waals surface area contributed by atoms with Crippen LogP contribution in [0, 0.1) is 13.8 Å². The molecule has 1 aromatic heterocycles. The van der Waals surface area contributed by atoms with E-state index in [-0.39, 0.29) is 5.91 Å². The van der Waals surface area contributed by atoms with Gasteiger partial charge in [-0.2, -0.15) is 0 Å². The highest BCUT2D eigenvalue weighted by Crippen LogP contribution is 2.28. The molecule has 210 valence electrons. The molecule has 0 aliphatic rings. The summed E-state index contributed by atoms with van der Waals surface area (Å²) in [7, 11) is 1.67. The molecule has 6 heteroatoms. The van der Waals surface area contributed by atoms with Gasteiger partial charge in [0.15, 0.2) is 11.5 Å². The SMILES string of the molecule is C=CCc1ccc(OCCCn2c(CCCCCNC(=O)c3ccc(C)cc3C)nc3ccccc32)c(OC)c1. The molecular weight excluding hydrogens is 498 g/mol. The summed E-state index contributed by atoms with van der Waals surface area (Å²) < 4.78 is 13.9. The number of rotatable bonds is 15. The highest BCUT2D eigenvalue weighted by Gasteiger charge is 2.12. The van der Waals surface area contributed by atoms with Crippen molar-refractivity contribution in [3.8, 4) is 11.5 Å². The van der Waals surface area contributed by atoms with Crippen LogP contribution in [0.2, 0.25) is 0 Å². The first-order valence-corrected chi connectivity index (χ1v) is 14.2. The number of carbonyl (C=O) groups is 1. The van der Waals surface area contributed by atoms with Crippen molar-refractivity contribution in [1.82, 2.24) is 14.9 Å². The second-order valence-corrected chi connectivity index (χ2v) is 10.2. The van der Waals surface area contributed by atoms with E-state index in [1.54, 1.807) is 7.11 Å². The zero-order valence-corrected chi connectivity index (χ0v) is 24.0. The molecule has 0 aliphatic heterocycles. The van der Waals surface area contributed by atoms with Crippen molar-refractivity contribution in [1.29, 1.82) is 0 Å². The third-order valence-electron chi connectivity index (χ3n) is 7.11. The number of unbranched alkanes of at least 4 members (excludes halogenated alkanes) is 2. The predicted molar refractivity (Wildman–Crippen MR) is 163 cm³/mol. The van der Waals surface area contributed by atoms with Crippen LogP contribution in [0.4, 0.5) is 0 Å². The zero-order chi connectivity index (χ0) is 28.3. The lowest BCUT2D eigenvalue weighted by Gasteiger charge is -2.13. The average Bonchev–Trinajstić information content (AvgIpc) is 3.30. The lowest BCUT2D eigenvalue weighted by molar-refractivity contribution is 0.0952. The van der Waals surface area contributed by atoms with Gasteiger partial charge in [0.25, 0.3) is 5.91 Å². The first-order chi connectivity index (χ1) is 19.5. The Bertz CT molecular complexity index is 1440. The van der Waals surface area contributed by atoms with Crippen LogP contribution < -0.4 is 14.8 Å². The molecule has 0 spiro atoms. The average molecular weight is 540 g/mol. The number of amides is 1. The predicted octanol–water partition coefficient (Wildman–Crippen LogP) is 7.00. The van der Waals surface area contributed by atoms with Gasteiger partial charge < -0.3 is 19.4 Å². The van der Waals surface area contributed by atoms with E-state index >= 15 is 0 Å². The molecule has 1 amide bonds. The fourth-order valence-corrected chi connectivity index (χ4v) is 5.05. The molecule has 4 aromatic rings. The smallest absolute Gasteiger partial charge is 0.251 e. The summed E-state index contributed by atoms with van der Waals surface area (Å²) in [5.41, 5.74) is 6.27. The van der Waals surface area contributed by atoms with Gasteiger partial charge in [0, 0.05) is 25.1 Å². The van der Waals surface area contributed by atoms with Gasteiger partial charge in [-0.1, -0.05) is 48.4 Å². The second kappa shape index (κ2) is 14.4. The Morgan fingerprint density at radius 3 is 2.65 bits per heavy atom. The van der Waals surface area contributed by atoms with E-state index in [1.807, 2.05) is 56.3 Å². The number of fused-ring (bicyclic) bond motifs is 1. The van der Waals surface area contributed by atoms with Gasteiger partial charge in [-0.15, -0.1) is 6.58 Å². The molecule has 6 nitrogen and oxygen atoms in total. The van der Waals surface area contributed by atoms with Crippen LogP contribution in [0.15, 0.2) is 73.3 Å². The van der Waals surface area contributed by atoms with E-state index in [1.165, 1.54) is 5.56 Å². The Hall–Kier alpha value is -4.06. The summed E-state index contributed by atoms with van der Waals surface area (Å²) in [4.78, 5) is 17.5. The Labute approximate surface area is 238 Å². The van der Waals surface area contributed by atoms with E-state index in [9.17, 15) is 4.79 Å². The number of hydrogen-bond acceptors (Lipinski definition) is 4. The molecule has 0 saturated carbocycles. The van der Waals surface area contributed by atoms with Crippen LogP contribution >= 0.6 is 0 Å². The van der Waals surface area contributed by atoms with Gasteiger partial charge in [0.05, 0.1) is 24.8 Å². The van der Waals surface area contributed by atoms with Crippen molar-refractivity contribution in [2.75, 3.05) is 20.3 Å². The molecule has 4 rings (SSSR count). The molecule has 3 aromatic carbocycles. The van der Waals surface area contributed by atoms with Crippen LogP contribution in [0.5, 0.6) is 11.5 Å². The molecule has 0 aliphatic carbocycles. The standard InChI is InChI=1S/C34H41N3O3/c1-5-12-27-17-19-31(32(24-27)39-4)40-22-11-21-37-30-14-9-8-13-29(30)36-33(37)15-7-6-10-20-35-34(38)28-18-16-25(2)23-26(28)3/h5,8-9,13-14,16-19,23-24H,1,6-7,10-12,15,20-22H2,2-4H3,(H,35,38). The van der Waals surface area contributed by atoms with E-state index in [2.05, 4.69) is 40.7 Å². The summed E-state index contributed by atoms with van der Waals surface area (Å²) >= 11 is 0. The monoisotopic (exact) mass is 539 g/mol. The number of ether oxygens (including phenoxy) is 2. The fraction of sp³-hybridized carbons (Fsp3) is 0.353. The molecule has 1 heterocycles. The number of allylic oxidation sites excluding steroid dienone is 1. The van der Waals surface area contributed by atoms with Gasteiger partial charge in [-0.05, 0) is 81.0 Å². The summed E-state index contributed by atoms with van der Waals surface area (Å²) in [5.74, 6) is 2.62. The van der Waals surface area contributed by atoms with Crippen molar-refractivity contribution in [3.63, 3.8) is 0 Å². The van der Waals surface area contributed by atoms with Gasteiger partial charge in [-0.25, -0.2) is 4.98 Å². The molecular formula is C34H41N3O3. The third kappa shape index (κ3) is 7.53. The van der Waals surface area contributed by atoms with Gasteiger partial charge in [-0.3, -0.25) is 4.79 Å². The maximum absolute atomic E-state index is 12.5. The number of aromatic nitrogens is 2. The second-order valence-electron chi connectivity index (χ2n) is 10.2. The van der Waals surface area contributed by atoms with E-state index < -0.39 is 0 Å². The maximum atomic E-state index is 12.5. The first kappa shape index (κ1) is 28.9. The Morgan fingerprint density at radius 2 is 1.85 bits per heavy atom. The van der Waals surface area contributed by atoms with E-state index in [0.717, 1.165) is 90.1 Å². The number of carbonyl (C=O) groups excluding carboxylic acids is 1. The summed E-state index contributed by atoms with van der Waals surface area (Å²) in [6, 6.07) is 20.3. The molecule has 0 atom stereocenters. The van der Waals surface area contributed by atoms with Crippen molar-refractivity contribution in [2.24, 2.45) is 0 Å². The zero-order valence-electron chi connectivity index (χ0n) is 24.0. The highest BCUT2D eigenvalue weighted by molar-refractivity contribution is 5.95. The number of imidazole rings is 1. The number of aryl methyl sites for hydroxylation is 4. The molecule has 0 saturated heterocycles.